The second-order valence-electron chi connectivity index (χ2n) is 8.65. The summed E-state index contributed by atoms with van der Waals surface area (Å²) in [5.74, 6) is 1.27. The van der Waals surface area contributed by atoms with Crippen LogP contribution in [0.1, 0.15) is 16.7 Å². The number of nitrogens with zero attached hydrogens (tertiary/aromatic N) is 2. The highest BCUT2D eigenvalue weighted by molar-refractivity contribution is 5.81. The maximum atomic E-state index is 12.4. The van der Waals surface area contributed by atoms with Crippen LogP contribution in [-0.2, 0) is 16.9 Å². The fraction of sp³-hybridized carbons (Fsp3) is 0.207. The number of rotatable bonds is 11. The van der Waals surface area contributed by atoms with Gasteiger partial charge in [-0.3, -0.25) is 9.88 Å². The highest BCUT2D eigenvalue weighted by Gasteiger charge is 2.38. The largest absolute Gasteiger partial charge is 0.497 e. The molecule has 1 atom stereocenters. The van der Waals surface area contributed by atoms with Gasteiger partial charge in [-0.1, -0.05) is 54.6 Å². The van der Waals surface area contributed by atoms with Crippen molar-refractivity contribution in [3.05, 3.63) is 118 Å². The molecule has 1 heterocycles. The molecule has 10 nitrogen and oxygen atoms in total. The van der Waals surface area contributed by atoms with Crippen molar-refractivity contribution >= 4 is 11.9 Å². The van der Waals surface area contributed by atoms with Crippen molar-refractivity contribution in [2.45, 2.75) is 18.2 Å². The van der Waals surface area contributed by atoms with Crippen LogP contribution in [0.3, 0.4) is 0 Å². The van der Waals surface area contributed by atoms with E-state index in [1.807, 2.05) is 84.2 Å². The number of nitrogens with one attached hydrogen (secondary N) is 1. The lowest BCUT2D eigenvalue weighted by Gasteiger charge is -2.36. The van der Waals surface area contributed by atoms with Crippen molar-refractivity contribution in [1.82, 2.24) is 9.55 Å². The maximum Gasteiger partial charge on any atom is 0.410 e. The van der Waals surface area contributed by atoms with E-state index in [1.165, 1.54) is 16.8 Å². The van der Waals surface area contributed by atoms with E-state index in [2.05, 4.69) is 4.98 Å². The summed E-state index contributed by atoms with van der Waals surface area (Å²) >= 11 is 0. The summed E-state index contributed by atoms with van der Waals surface area (Å²) in [6.45, 7) is -0.260. The molecule has 1 aromatic heterocycles. The molecule has 202 valence electrons. The summed E-state index contributed by atoms with van der Waals surface area (Å²) in [5, 5.41) is 21.8. The van der Waals surface area contributed by atoms with Crippen LogP contribution in [0.25, 0.3) is 0 Å². The van der Waals surface area contributed by atoms with Crippen molar-refractivity contribution in [3.8, 4) is 11.5 Å². The van der Waals surface area contributed by atoms with E-state index >= 15 is 0 Å². The predicted molar refractivity (Wildman–Crippen MR) is 144 cm³/mol. The van der Waals surface area contributed by atoms with Crippen LogP contribution in [-0.4, -0.2) is 52.8 Å². The molecule has 0 aliphatic carbocycles. The number of methoxy groups -OCH3 is 2. The fourth-order valence-electron chi connectivity index (χ4n) is 4.32. The number of ether oxygens (including phenoxy) is 3. The van der Waals surface area contributed by atoms with Crippen LogP contribution in [0, 0.1) is 0 Å². The van der Waals surface area contributed by atoms with Crippen LogP contribution in [0.4, 0.5) is 10.6 Å². The average molecular weight is 532 g/mol. The molecule has 0 radical (unpaired) electrons. The van der Waals surface area contributed by atoms with Crippen molar-refractivity contribution in [2.24, 2.45) is 0 Å². The van der Waals surface area contributed by atoms with Gasteiger partial charge < -0.3 is 24.4 Å². The lowest BCUT2D eigenvalue weighted by Crippen LogP contribution is -2.38. The summed E-state index contributed by atoms with van der Waals surface area (Å²) in [6, 6.07) is 26.0. The molecule has 0 saturated heterocycles. The molecule has 3 N–H and O–H groups in total. The maximum absolute atomic E-state index is 12.4. The molecule has 4 aromatic rings. The first-order chi connectivity index (χ1) is 18.8. The molecule has 0 saturated carbocycles. The van der Waals surface area contributed by atoms with Crippen LogP contribution in [0.15, 0.2) is 95.9 Å². The van der Waals surface area contributed by atoms with E-state index in [4.69, 9.17) is 19.3 Å². The highest BCUT2D eigenvalue weighted by atomic mass is 16.5. The van der Waals surface area contributed by atoms with E-state index in [0.29, 0.717) is 11.5 Å². The van der Waals surface area contributed by atoms with Crippen LogP contribution in [0.5, 0.6) is 11.5 Å². The second kappa shape index (κ2) is 12.2. The SMILES string of the molecule is COc1ccc(C(OC[C@@H](O)Cn2ccc(NC(=O)O)nc2=O)(c2ccccc2)c2ccc(OC)cc2)cc1. The number of hydrogen-bond donors (Lipinski definition) is 3. The molecule has 3 aromatic carbocycles. The summed E-state index contributed by atoms with van der Waals surface area (Å²) in [4.78, 5) is 26.9. The number of benzene rings is 3. The Balaban J connectivity index is 1.70. The molecular weight excluding hydrogens is 502 g/mol. The van der Waals surface area contributed by atoms with Gasteiger partial charge in [0.25, 0.3) is 0 Å². The quantitative estimate of drug-likeness (QED) is 0.250. The second-order valence-corrected chi connectivity index (χ2v) is 8.65. The van der Waals surface area contributed by atoms with Gasteiger partial charge in [0.1, 0.15) is 22.9 Å². The molecule has 0 aliphatic heterocycles. The smallest absolute Gasteiger partial charge is 0.410 e. The summed E-state index contributed by atoms with van der Waals surface area (Å²) in [7, 11) is 3.19. The fourth-order valence-corrected chi connectivity index (χ4v) is 4.32. The normalized spacial score (nSPS) is 12.0. The number of aromatic nitrogens is 2. The minimum atomic E-state index is -1.33. The summed E-state index contributed by atoms with van der Waals surface area (Å²) in [5.41, 5.74) is 0.596. The minimum Gasteiger partial charge on any atom is -0.497 e. The average Bonchev–Trinajstić information content (AvgIpc) is 2.96. The number of aliphatic hydroxyl groups excluding tert-OH is 1. The zero-order valence-corrected chi connectivity index (χ0v) is 21.5. The Bertz CT molecular complexity index is 1390. The summed E-state index contributed by atoms with van der Waals surface area (Å²) in [6.07, 6.45) is -1.06. The zero-order chi connectivity index (χ0) is 27.8. The first-order valence-electron chi connectivity index (χ1n) is 12.1. The van der Waals surface area contributed by atoms with Gasteiger partial charge in [0.15, 0.2) is 0 Å². The Morgan fingerprint density at radius 3 is 1.92 bits per heavy atom. The highest BCUT2D eigenvalue weighted by Crippen LogP contribution is 2.41. The van der Waals surface area contributed by atoms with E-state index in [1.54, 1.807) is 14.2 Å². The number of anilines is 1. The molecule has 0 unspecified atom stereocenters. The standard InChI is InChI=1S/C29H29N3O7/c1-37-24-12-8-21(9-13-24)29(20-6-4-3-5-7-20,22-10-14-25(38-2)15-11-22)39-19-23(33)18-32-17-16-26(30-27(32)34)31-28(35)36/h3-17,23,33H,18-19H2,1-2H3,(H,35,36)(H,30,31,34)/t23-/m0/s1. The molecule has 39 heavy (non-hydrogen) atoms. The number of hydrogen-bond acceptors (Lipinski definition) is 7. The Kier molecular flexibility index (Phi) is 8.60. The number of carboxylic acid groups (broad SMARTS) is 1. The van der Waals surface area contributed by atoms with E-state index in [9.17, 15) is 14.7 Å². The van der Waals surface area contributed by atoms with Crippen LogP contribution in [0.2, 0.25) is 0 Å². The van der Waals surface area contributed by atoms with E-state index in [-0.39, 0.29) is 19.0 Å². The predicted octanol–water partition coefficient (Wildman–Crippen LogP) is 3.72. The van der Waals surface area contributed by atoms with Crippen LogP contribution >= 0.6 is 0 Å². The number of aliphatic hydroxyl groups is 1. The third-order valence-electron chi connectivity index (χ3n) is 6.18. The molecule has 1 amide bonds. The monoisotopic (exact) mass is 531 g/mol. The lowest BCUT2D eigenvalue weighted by molar-refractivity contribution is -0.0426. The first kappa shape index (κ1) is 27.4. The Labute approximate surface area is 225 Å². The van der Waals surface area contributed by atoms with E-state index in [0.717, 1.165) is 16.7 Å². The van der Waals surface area contributed by atoms with E-state index < -0.39 is 23.5 Å². The Hall–Kier alpha value is -4.67. The zero-order valence-electron chi connectivity index (χ0n) is 21.5. The lowest BCUT2D eigenvalue weighted by atomic mass is 9.80. The minimum absolute atomic E-state index is 0.100. The third-order valence-corrected chi connectivity index (χ3v) is 6.18. The van der Waals surface area contributed by atoms with Gasteiger partial charge in [0.05, 0.1) is 33.5 Å². The Morgan fingerprint density at radius 2 is 1.44 bits per heavy atom. The molecule has 10 heteroatoms. The van der Waals surface area contributed by atoms with Crippen molar-refractivity contribution in [2.75, 3.05) is 26.1 Å². The number of carbonyl (C=O) groups is 1. The van der Waals surface area contributed by atoms with Gasteiger partial charge in [0, 0.05) is 6.20 Å². The van der Waals surface area contributed by atoms with Gasteiger partial charge in [-0.15, -0.1) is 0 Å². The van der Waals surface area contributed by atoms with Crippen LogP contribution < -0.4 is 20.5 Å². The number of amides is 1. The molecule has 0 spiro atoms. The summed E-state index contributed by atoms with van der Waals surface area (Å²) < 4.78 is 18.5. The van der Waals surface area contributed by atoms with Gasteiger partial charge in [-0.05, 0) is 47.0 Å². The first-order valence-corrected chi connectivity index (χ1v) is 12.1. The van der Waals surface area contributed by atoms with Crippen molar-refractivity contribution in [1.29, 1.82) is 0 Å². The third kappa shape index (κ3) is 6.25. The molecule has 0 aliphatic rings. The molecular formula is C29H29N3O7. The molecule has 0 bridgehead atoms. The molecule has 4 rings (SSSR count). The van der Waals surface area contributed by atoms with Crippen molar-refractivity contribution in [3.63, 3.8) is 0 Å². The topological polar surface area (TPSA) is 132 Å². The van der Waals surface area contributed by atoms with Gasteiger partial charge >= 0.3 is 11.8 Å². The Morgan fingerprint density at radius 1 is 0.897 bits per heavy atom. The molecule has 0 fully saturated rings. The van der Waals surface area contributed by atoms with Gasteiger partial charge in [0.2, 0.25) is 0 Å². The van der Waals surface area contributed by atoms with Gasteiger partial charge in [-0.2, -0.15) is 4.98 Å². The van der Waals surface area contributed by atoms with Gasteiger partial charge in [-0.25, -0.2) is 9.59 Å². The van der Waals surface area contributed by atoms with Crippen molar-refractivity contribution < 1.29 is 29.2 Å².